The molecule has 8 heteroatoms. The van der Waals surface area contributed by atoms with Gasteiger partial charge in [-0.2, -0.15) is 0 Å². The third-order valence-electron chi connectivity index (χ3n) is 5.11. The van der Waals surface area contributed by atoms with Crippen molar-refractivity contribution >= 4 is 10.0 Å². The highest BCUT2D eigenvalue weighted by molar-refractivity contribution is 7.89. The van der Waals surface area contributed by atoms with Crippen molar-refractivity contribution in [3.63, 3.8) is 0 Å². The lowest BCUT2D eigenvalue weighted by Gasteiger charge is -2.33. The molecule has 0 amide bonds. The summed E-state index contributed by atoms with van der Waals surface area (Å²) in [4.78, 5) is 2.75. The molecule has 1 saturated heterocycles. The first-order valence-corrected chi connectivity index (χ1v) is 10.5. The Hall–Kier alpha value is -1.87. The number of piperazine rings is 1. The van der Waals surface area contributed by atoms with Gasteiger partial charge in [0.15, 0.2) is 0 Å². The lowest BCUT2D eigenvalue weighted by molar-refractivity contribution is -1.02. The molecular weight excluding hydrogens is 372 g/mol. The van der Waals surface area contributed by atoms with Crippen molar-refractivity contribution in [3.8, 4) is 0 Å². The maximum absolute atomic E-state index is 13.3. The number of hydrogen-bond acceptors (Lipinski definition) is 2. The summed E-state index contributed by atoms with van der Waals surface area (Å²) in [6.07, 6.45) is 0. The number of rotatable bonds is 6. The van der Waals surface area contributed by atoms with Crippen LogP contribution in [0.5, 0.6) is 0 Å². The molecule has 3 rings (SSSR count). The number of quaternary nitrogens is 2. The molecule has 0 bridgehead atoms. The third kappa shape index (κ3) is 5.10. The van der Waals surface area contributed by atoms with Gasteiger partial charge >= 0.3 is 0 Å². The van der Waals surface area contributed by atoms with E-state index >= 15 is 0 Å². The van der Waals surface area contributed by atoms with Gasteiger partial charge in [0.05, 0.1) is 18.5 Å². The summed E-state index contributed by atoms with van der Waals surface area (Å²) >= 11 is 0. The molecule has 1 aliphatic heterocycles. The van der Waals surface area contributed by atoms with Crippen molar-refractivity contribution in [3.05, 3.63) is 65.7 Å². The van der Waals surface area contributed by atoms with Crippen molar-refractivity contribution in [2.24, 2.45) is 0 Å². The fraction of sp³-hybridized carbons (Fsp3) is 0.368. The molecule has 1 fully saturated rings. The maximum atomic E-state index is 13.3. The fourth-order valence-corrected chi connectivity index (χ4v) is 4.48. The summed E-state index contributed by atoms with van der Waals surface area (Å²) in [5.41, 5.74) is 0.896. The number of hydrogen-bond donors (Lipinski definition) is 3. The minimum atomic E-state index is -3.75. The Morgan fingerprint density at radius 1 is 0.926 bits per heavy atom. The van der Waals surface area contributed by atoms with Gasteiger partial charge < -0.3 is 9.80 Å². The van der Waals surface area contributed by atoms with Crippen LogP contribution in [0.4, 0.5) is 8.78 Å². The predicted octanol–water partition coefficient (Wildman–Crippen LogP) is -0.602. The molecule has 0 radical (unpaired) electrons. The number of benzene rings is 2. The van der Waals surface area contributed by atoms with Crippen LogP contribution in [-0.2, 0) is 10.0 Å². The molecule has 2 aromatic rings. The molecule has 0 saturated carbocycles. The van der Waals surface area contributed by atoms with Gasteiger partial charge in [0.2, 0.25) is 10.0 Å². The summed E-state index contributed by atoms with van der Waals surface area (Å²) in [6.45, 7) is 4.01. The lowest BCUT2D eigenvalue weighted by Crippen LogP contribution is -3.27. The van der Waals surface area contributed by atoms with Crippen LogP contribution < -0.4 is 14.5 Å². The topological polar surface area (TPSA) is 55.1 Å². The van der Waals surface area contributed by atoms with Crippen molar-refractivity contribution in [2.45, 2.75) is 10.9 Å². The molecule has 5 nitrogen and oxygen atoms in total. The van der Waals surface area contributed by atoms with E-state index in [0.29, 0.717) is 0 Å². The number of nitrogens with one attached hydrogen (secondary N) is 3. The normalized spacial score (nSPS) is 21.7. The van der Waals surface area contributed by atoms with Gasteiger partial charge in [-0.05, 0) is 36.4 Å². The van der Waals surface area contributed by atoms with Gasteiger partial charge in [0.1, 0.15) is 43.9 Å². The summed E-state index contributed by atoms with van der Waals surface area (Å²) in [6, 6.07) is 10.9. The smallest absolute Gasteiger partial charge is 0.240 e. The Morgan fingerprint density at radius 2 is 1.44 bits per heavy atom. The van der Waals surface area contributed by atoms with E-state index in [1.165, 1.54) is 34.1 Å². The van der Waals surface area contributed by atoms with Crippen LogP contribution in [0.2, 0.25) is 0 Å². The average molecular weight is 397 g/mol. The highest BCUT2D eigenvalue weighted by atomic mass is 32.2. The quantitative estimate of drug-likeness (QED) is 0.610. The molecule has 27 heavy (non-hydrogen) atoms. The summed E-state index contributed by atoms with van der Waals surface area (Å²) < 4.78 is 54.2. The second kappa shape index (κ2) is 8.43. The first-order chi connectivity index (χ1) is 12.8. The molecule has 146 valence electrons. The molecule has 3 N–H and O–H groups in total. The molecular formula is C19H25F2N3O2S+2. The highest BCUT2D eigenvalue weighted by Gasteiger charge is 2.30. The summed E-state index contributed by atoms with van der Waals surface area (Å²) in [5, 5.41) is 0. The van der Waals surface area contributed by atoms with Gasteiger partial charge in [-0.1, -0.05) is 12.1 Å². The summed E-state index contributed by atoms with van der Waals surface area (Å²) in [7, 11) is -1.61. The molecule has 0 aliphatic carbocycles. The van der Waals surface area contributed by atoms with E-state index in [2.05, 4.69) is 11.8 Å². The minimum absolute atomic E-state index is 0.0274. The van der Waals surface area contributed by atoms with E-state index in [0.717, 1.165) is 43.9 Å². The van der Waals surface area contributed by atoms with Gasteiger partial charge in [0, 0.05) is 5.56 Å². The second-order valence-corrected chi connectivity index (χ2v) is 8.79. The van der Waals surface area contributed by atoms with E-state index in [9.17, 15) is 17.2 Å². The Kier molecular flexibility index (Phi) is 6.21. The fourth-order valence-electron chi connectivity index (χ4n) is 3.43. The minimum Gasteiger partial charge on any atom is -0.328 e. The van der Waals surface area contributed by atoms with Crippen molar-refractivity contribution in [1.82, 2.24) is 4.72 Å². The molecule has 1 heterocycles. The van der Waals surface area contributed by atoms with Gasteiger partial charge in [-0.3, -0.25) is 0 Å². The lowest BCUT2D eigenvalue weighted by atomic mass is 10.0. The standard InChI is InChI=1S/C19H23F2N3O2S/c1-23-10-12-24(13-11-23)19(15-2-4-16(20)5-3-15)14-22-27(25,26)18-8-6-17(21)7-9-18/h2-9,19,22H,10-14H2,1H3/p+2/t19-/m0/s1. The molecule has 0 aromatic heterocycles. The molecule has 0 spiro atoms. The number of sulfonamides is 1. The van der Waals surface area contributed by atoms with E-state index in [4.69, 9.17) is 0 Å². The van der Waals surface area contributed by atoms with E-state index in [-0.39, 0.29) is 23.3 Å². The Balaban J connectivity index is 1.78. The maximum Gasteiger partial charge on any atom is 0.240 e. The highest BCUT2D eigenvalue weighted by Crippen LogP contribution is 2.13. The molecule has 2 aromatic carbocycles. The number of halogens is 2. The second-order valence-electron chi connectivity index (χ2n) is 7.03. The van der Waals surface area contributed by atoms with Gasteiger partial charge in [0.25, 0.3) is 0 Å². The van der Waals surface area contributed by atoms with Crippen LogP contribution in [0.3, 0.4) is 0 Å². The van der Waals surface area contributed by atoms with Gasteiger partial charge in [-0.25, -0.2) is 21.9 Å². The van der Waals surface area contributed by atoms with Crippen molar-refractivity contribution in [1.29, 1.82) is 0 Å². The Bertz CT molecular complexity index is 850. The molecule has 1 atom stereocenters. The molecule has 0 unspecified atom stereocenters. The first-order valence-electron chi connectivity index (χ1n) is 9.02. The summed E-state index contributed by atoms with van der Waals surface area (Å²) in [5.74, 6) is -0.801. The Morgan fingerprint density at radius 3 is 2.00 bits per heavy atom. The van der Waals surface area contributed by atoms with Crippen LogP contribution >= 0.6 is 0 Å². The monoisotopic (exact) mass is 397 g/mol. The predicted molar refractivity (Wildman–Crippen MR) is 98.0 cm³/mol. The first kappa shape index (κ1) is 19.9. The largest absolute Gasteiger partial charge is 0.328 e. The van der Waals surface area contributed by atoms with Crippen LogP contribution in [0.15, 0.2) is 53.4 Å². The van der Waals surface area contributed by atoms with Crippen LogP contribution in [0.25, 0.3) is 0 Å². The zero-order chi connectivity index (χ0) is 19.4. The number of likely N-dealkylation sites (N-methyl/N-ethyl adjacent to an activating group) is 1. The third-order valence-corrected chi connectivity index (χ3v) is 6.55. The zero-order valence-electron chi connectivity index (χ0n) is 15.2. The van der Waals surface area contributed by atoms with Crippen LogP contribution in [-0.4, -0.2) is 48.2 Å². The van der Waals surface area contributed by atoms with Crippen molar-refractivity contribution in [2.75, 3.05) is 39.8 Å². The van der Waals surface area contributed by atoms with Crippen LogP contribution in [0.1, 0.15) is 11.6 Å². The van der Waals surface area contributed by atoms with Gasteiger partial charge in [-0.15, -0.1) is 0 Å². The van der Waals surface area contributed by atoms with E-state index < -0.39 is 15.8 Å². The average Bonchev–Trinajstić information content (AvgIpc) is 2.65. The SMILES string of the molecule is C[NH+]1CC[NH+]([C@@H](CNS(=O)(=O)c2ccc(F)cc2)c2ccc(F)cc2)CC1. The van der Waals surface area contributed by atoms with E-state index in [1.807, 2.05) is 0 Å². The Labute approximate surface area is 158 Å². The molecule has 1 aliphatic rings. The van der Waals surface area contributed by atoms with E-state index in [1.54, 1.807) is 12.1 Å². The van der Waals surface area contributed by atoms with Crippen molar-refractivity contribution < 1.29 is 27.0 Å². The van der Waals surface area contributed by atoms with Crippen LogP contribution in [0, 0.1) is 11.6 Å². The zero-order valence-corrected chi connectivity index (χ0v) is 16.0.